The lowest BCUT2D eigenvalue weighted by Crippen LogP contribution is -2.01. The van der Waals surface area contributed by atoms with Crippen molar-refractivity contribution in [3.05, 3.63) is 78.4 Å². The van der Waals surface area contributed by atoms with Crippen molar-refractivity contribution in [2.45, 2.75) is 13.2 Å². The molecule has 2 N–H and O–H groups in total. The van der Waals surface area contributed by atoms with E-state index in [0.717, 1.165) is 33.9 Å². The van der Waals surface area contributed by atoms with E-state index in [9.17, 15) is 5.11 Å². The van der Waals surface area contributed by atoms with Crippen LogP contribution in [0.1, 0.15) is 11.4 Å². The van der Waals surface area contributed by atoms with Gasteiger partial charge in [0.15, 0.2) is 0 Å². The first-order valence-corrected chi connectivity index (χ1v) is 8.66. The summed E-state index contributed by atoms with van der Waals surface area (Å²) in [5.41, 5.74) is 5.76. The largest absolute Gasteiger partial charge is 0.508 e. The van der Waals surface area contributed by atoms with Crippen molar-refractivity contribution in [3.8, 4) is 28.3 Å². The van der Waals surface area contributed by atoms with E-state index in [1.165, 1.54) is 0 Å². The molecule has 4 aromatic rings. The number of hydrogen-bond donors (Lipinski definition) is 2. The molecule has 0 atom stereocenters. The molecule has 0 fully saturated rings. The van der Waals surface area contributed by atoms with Crippen LogP contribution in [0.25, 0.3) is 22.5 Å². The van der Waals surface area contributed by atoms with Crippen LogP contribution >= 0.6 is 0 Å². The zero-order valence-electron chi connectivity index (χ0n) is 15.0. The van der Waals surface area contributed by atoms with Crippen LogP contribution in [-0.4, -0.2) is 32.0 Å². The first kappa shape index (κ1) is 17.1. The van der Waals surface area contributed by atoms with Crippen molar-refractivity contribution in [1.29, 1.82) is 0 Å². The van der Waals surface area contributed by atoms with Gasteiger partial charge in [-0.1, -0.05) is 30.3 Å². The van der Waals surface area contributed by atoms with Gasteiger partial charge in [0.2, 0.25) is 0 Å². The standard InChI is InChI=1S/C21H20N4O2/c1-27-13-18-11-17(23-24-18)12-25-14-22-20(15-5-3-2-4-6-15)21(25)16-7-9-19(26)10-8-16/h2-11,14,26H,12-13H2,1H3,(H,23,24). The third-order valence-electron chi connectivity index (χ3n) is 4.34. The topological polar surface area (TPSA) is 76.0 Å². The predicted octanol–water partition coefficient (Wildman–Crippen LogP) is 3.84. The molecule has 2 heterocycles. The Labute approximate surface area is 157 Å². The fourth-order valence-corrected chi connectivity index (χ4v) is 3.13. The summed E-state index contributed by atoms with van der Waals surface area (Å²) in [5.74, 6) is 0.240. The highest BCUT2D eigenvalue weighted by Gasteiger charge is 2.16. The number of ether oxygens (including phenoxy) is 1. The van der Waals surface area contributed by atoms with Crippen LogP contribution in [0.5, 0.6) is 5.75 Å². The van der Waals surface area contributed by atoms with Gasteiger partial charge in [-0.15, -0.1) is 0 Å². The quantitative estimate of drug-likeness (QED) is 0.548. The molecule has 0 saturated carbocycles. The summed E-state index contributed by atoms with van der Waals surface area (Å²) in [7, 11) is 1.65. The number of H-pyrrole nitrogens is 1. The Morgan fingerprint density at radius 3 is 2.56 bits per heavy atom. The number of aromatic hydroxyl groups is 1. The number of phenolic OH excluding ortho intramolecular Hbond substituents is 1. The average Bonchev–Trinajstić information content (AvgIpc) is 3.31. The molecule has 0 amide bonds. The molecule has 6 nitrogen and oxygen atoms in total. The van der Waals surface area contributed by atoms with Crippen LogP contribution in [0.15, 0.2) is 67.0 Å². The van der Waals surface area contributed by atoms with Crippen LogP contribution < -0.4 is 0 Å². The number of rotatable bonds is 6. The molecular weight excluding hydrogens is 340 g/mol. The Hall–Kier alpha value is -3.38. The van der Waals surface area contributed by atoms with E-state index in [4.69, 9.17) is 4.74 Å². The minimum Gasteiger partial charge on any atom is -0.508 e. The molecule has 0 unspecified atom stereocenters. The van der Waals surface area contributed by atoms with Gasteiger partial charge in [0.1, 0.15) is 5.75 Å². The van der Waals surface area contributed by atoms with E-state index >= 15 is 0 Å². The summed E-state index contributed by atoms with van der Waals surface area (Å²) in [6, 6.07) is 19.3. The summed E-state index contributed by atoms with van der Waals surface area (Å²) < 4.78 is 7.21. The van der Waals surface area contributed by atoms with Crippen molar-refractivity contribution in [3.63, 3.8) is 0 Å². The van der Waals surface area contributed by atoms with E-state index in [0.29, 0.717) is 13.2 Å². The smallest absolute Gasteiger partial charge is 0.115 e. The summed E-state index contributed by atoms with van der Waals surface area (Å²) in [4.78, 5) is 4.67. The van der Waals surface area contributed by atoms with Crippen molar-refractivity contribution in [2.75, 3.05) is 7.11 Å². The molecule has 0 aliphatic rings. The van der Waals surface area contributed by atoms with Crippen molar-refractivity contribution in [2.24, 2.45) is 0 Å². The van der Waals surface area contributed by atoms with Crippen LogP contribution in [0.4, 0.5) is 0 Å². The van der Waals surface area contributed by atoms with Gasteiger partial charge in [-0.3, -0.25) is 5.10 Å². The second-order valence-corrected chi connectivity index (χ2v) is 6.30. The number of hydrogen-bond acceptors (Lipinski definition) is 4. The zero-order chi connectivity index (χ0) is 18.6. The Kier molecular flexibility index (Phi) is 4.72. The van der Waals surface area contributed by atoms with Crippen LogP contribution in [0, 0.1) is 0 Å². The van der Waals surface area contributed by atoms with Gasteiger partial charge in [-0.05, 0) is 30.3 Å². The normalized spacial score (nSPS) is 11.0. The molecule has 0 radical (unpaired) electrons. The summed E-state index contributed by atoms with van der Waals surface area (Å²) >= 11 is 0. The number of nitrogens with zero attached hydrogens (tertiary/aromatic N) is 3. The fraction of sp³-hybridized carbons (Fsp3) is 0.143. The van der Waals surface area contributed by atoms with E-state index < -0.39 is 0 Å². The van der Waals surface area contributed by atoms with Crippen LogP contribution in [0.2, 0.25) is 0 Å². The number of phenols is 1. The molecule has 27 heavy (non-hydrogen) atoms. The lowest BCUT2D eigenvalue weighted by atomic mass is 10.0. The number of imidazole rings is 1. The molecule has 0 saturated heterocycles. The molecule has 0 aliphatic carbocycles. The van der Waals surface area contributed by atoms with Gasteiger partial charge in [-0.2, -0.15) is 5.10 Å². The fourth-order valence-electron chi connectivity index (χ4n) is 3.13. The number of aromatic amines is 1. The van der Waals surface area contributed by atoms with Crippen molar-refractivity contribution in [1.82, 2.24) is 19.7 Å². The minimum absolute atomic E-state index is 0.240. The summed E-state index contributed by atoms with van der Waals surface area (Å²) in [5, 5.41) is 17.0. The summed E-state index contributed by atoms with van der Waals surface area (Å²) in [6.07, 6.45) is 1.83. The highest BCUT2D eigenvalue weighted by molar-refractivity contribution is 5.78. The molecule has 136 valence electrons. The number of benzene rings is 2. The first-order chi connectivity index (χ1) is 13.2. The van der Waals surface area contributed by atoms with Crippen LogP contribution in [0.3, 0.4) is 0 Å². The maximum absolute atomic E-state index is 9.65. The zero-order valence-corrected chi connectivity index (χ0v) is 15.0. The Morgan fingerprint density at radius 2 is 1.81 bits per heavy atom. The van der Waals surface area contributed by atoms with Gasteiger partial charge < -0.3 is 14.4 Å². The molecule has 2 aromatic carbocycles. The van der Waals surface area contributed by atoms with Crippen molar-refractivity contribution < 1.29 is 9.84 Å². The van der Waals surface area contributed by atoms with Gasteiger partial charge in [0.25, 0.3) is 0 Å². The van der Waals surface area contributed by atoms with E-state index in [1.807, 2.05) is 54.9 Å². The molecule has 0 aliphatic heterocycles. The highest BCUT2D eigenvalue weighted by Crippen LogP contribution is 2.32. The Balaban J connectivity index is 1.76. The van der Waals surface area contributed by atoms with Crippen molar-refractivity contribution >= 4 is 0 Å². The maximum Gasteiger partial charge on any atom is 0.115 e. The molecule has 0 spiro atoms. The Bertz CT molecular complexity index is 1020. The van der Waals surface area contributed by atoms with E-state index in [-0.39, 0.29) is 5.75 Å². The number of aromatic nitrogens is 4. The molecule has 6 heteroatoms. The highest BCUT2D eigenvalue weighted by atomic mass is 16.5. The van der Waals surface area contributed by atoms with Gasteiger partial charge in [0, 0.05) is 18.2 Å². The molecule has 2 aromatic heterocycles. The SMILES string of the molecule is COCc1cc(Cn2cnc(-c3ccccc3)c2-c2ccc(O)cc2)[nH]n1. The molecule has 4 rings (SSSR count). The maximum atomic E-state index is 9.65. The molecule has 0 bridgehead atoms. The second-order valence-electron chi connectivity index (χ2n) is 6.30. The predicted molar refractivity (Wildman–Crippen MR) is 103 cm³/mol. The third kappa shape index (κ3) is 3.61. The summed E-state index contributed by atoms with van der Waals surface area (Å²) in [6.45, 7) is 1.08. The number of nitrogens with one attached hydrogen (secondary N) is 1. The van der Waals surface area contributed by atoms with Gasteiger partial charge in [0.05, 0.1) is 42.3 Å². The van der Waals surface area contributed by atoms with Gasteiger partial charge >= 0.3 is 0 Å². The number of methoxy groups -OCH3 is 1. The second kappa shape index (κ2) is 7.47. The van der Waals surface area contributed by atoms with Crippen LogP contribution in [-0.2, 0) is 17.9 Å². The monoisotopic (exact) mass is 360 g/mol. The Morgan fingerprint density at radius 1 is 1.04 bits per heavy atom. The lowest BCUT2D eigenvalue weighted by molar-refractivity contribution is 0.181. The van der Waals surface area contributed by atoms with E-state index in [1.54, 1.807) is 19.2 Å². The molecular formula is C21H20N4O2. The lowest BCUT2D eigenvalue weighted by Gasteiger charge is -2.10. The minimum atomic E-state index is 0.240. The third-order valence-corrected chi connectivity index (χ3v) is 4.34. The van der Waals surface area contributed by atoms with E-state index in [2.05, 4.69) is 19.7 Å². The van der Waals surface area contributed by atoms with Gasteiger partial charge in [-0.25, -0.2) is 4.98 Å². The average molecular weight is 360 g/mol. The first-order valence-electron chi connectivity index (χ1n) is 8.66.